The normalized spacial score (nSPS) is 14.0. The van der Waals surface area contributed by atoms with Crippen LogP contribution in [0.25, 0.3) is 0 Å². The Bertz CT molecular complexity index is 405. The molecule has 0 bridgehead atoms. The number of rotatable bonds is 21. The topological polar surface area (TPSA) is 44.8 Å². The predicted molar refractivity (Wildman–Crippen MR) is 125 cm³/mol. The van der Waals surface area contributed by atoms with E-state index in [1.165, 1.54) is 76.6 Å². The molecule has 0 aromatic carbocycles. The van der Waals surface area contributed by atoms with Crippen LogP contribution in [0.1, 0.15) is 117 Å². The van der Waals surface area contributed by atoms with Gasteiger partial charge in [-0.05, 0) is 56.8 Å². The molecule has 5 heteroatoms. The fourth-order valence-electron chi connectivity index (χ4n) is 2.70. The first-order valence-electron chi connectivity index (χ1n) is 11.8. The molecule has 0 aromatic rings. The second-order valence-electron chi connectivity index (χ2n) is 7.43. The SMILES string of the molecule is CCCCCCC=COP(=O)(OC=CCCCCCC)OC=CCCCCCC. The van der Waals surface area contributed by atoms with E-state index in [4.69, 9.17) is 13.6 Å². The van der Waals surface area contributed by atoms with Gasteiger partial charge in [-0.3, -0.25) is 0 Å². The van der Waals surface area contributed by atoms with Gasteiger partial charge >= 0.3 is 7.82 Å². The van der Waals surface area contributed by atoms with E-state index in [0.717, 1.165) is 38.5 Å². The lowest BCUT2D eigenvalue weighted by Crippen LogP contribution is -1.89. The Balaban J connectivity index is 4.40. The monoisotopic (exact) mass is 428 g/mol. The molecule has 0 heterocycles. The van der Waals surface area contributed by atoms with Gasteiger partial charge in [0.05, 0.1) is 18.8 Å². The maximum Gasteiger partial charge on any atom is 0.645 e. The summed E-state index contributed by atoms with van der Waals surface area (Å²) in [5.74, 6) is 0. The predicted octanol–water partition coefficient (Wildman–Crippen LogP) is 9.60. The van der Waals surface area contributed by atoms with Crippen molar-refractivity contribution < 1.29 is 18.1 Å². The zero-order valence-electron chi connectivity index (χ0n) is 19.2. The molecule has 0 saturated carbocycles. The van der Waals surface area contributed by atoms with E-state index in [-0.39, 0.29) is 0 Å². The number of hydrogen-bond acceptors (Lipinski definition) is 4. The first-order chi connectivity index (χ1) is 14.2. The van der Waals surface area contributed by atoms with Crippen LogP contribution in [0.15, 0.2) is 37.0 Å². The summed E-state index contributed by atoms with van der Waals surface area (Å²) >= 11 is 0. The summed E-state index contributed by atoms with van der Waals surface area (Å²) in [4.78, 5) is 0. The lowest BCUT2D eigenvalue weighted by molar-refractivity contribution is 0.229. The van der Waals surface area contributed by atoms with Crippen LogP contribution in [0.3, 0.4) is 0 Å². The Labute approximate surface area is 180 Å². The molecule has 0 atom stereocenters. The maximum absolute atomic E-state index is 12.8. The van der Waals surface area contributed by atoms with Crippen LogP contribution in [0, 0.1) is 0 Å². The largest absolute Gasteiger partial charge is 0.645 e. The second kappa shape index (κ2) is 21.6. The number of hydrogen-bond donors (Lipinski definition) is 0. The quantitative estimate of drug-likeness (QED) is 0.104. The van der Waals surface area contributed by atoms with Gasteiger partial charge < -0.3 is 13.6 Å². The minimum Gasteiger partial charge on any atom is -0.394 e. The minimum atomic E-state index is -3.66. The standard InChI is InChI=1S/C24H45O4P/c1-4-7-10-13-16-19-22-26-29(25,27-23-20-17-14-11-8-5-2)28-24-21-18-15-12-9-6-3/h19-24H,4-18H2,1-3H3. The zero-order valence-corrected chi connectivity index (χ0v) is 20.0. The van der Waals surface area contributed by atoms with Crippen LogP contribution in [0.2, 0.25) is 0 Å². The van der Waals surface area contributed by atoms with Gasteiger partial charge in [-0.2, -0.15) is 4.57 Å². The number of allylic oxidation sites excluding steroid dienone is 3. The van der Waals surface area contributed by atoms with Crippen LogP contribution in [-0.4, -0.2) is 0 Å². The molecule has 29 heavy (non-hydrogen) atoms. The van der Waals surface area contributed by atoms with Gasteiger partial charge in [0.15, 0.2) is 0 Å². The minimum absolute atomic E-state index is 0.903. The van der Waals surface area contributed by atoms with Crippen molar-refractivity contribution in [1.29, 1.82) is 0 Å². The summed E-state index contributed by atoms with van der Waals surface area (Å²) in [5, 5.41) is 0. The van der Waals surface area contributed by atoms with E-state index >= 15 is 0 Å². The molecule has 0 radical (unpaired) electrons. The maximum atomic E-state index is 12.8. The van der Waals surface area contributed by atoms with Crippen molar-refractivity contribution in [1.82, 2.24) is 0 Å². The Hall–Kier alpha value is -1.15. The van der Waals surface area contributed by atoms with E-state index < -0.39 is 7.82 Å². The highest BCUT2D eigenvalue weighted by Gasteiger charge is 2.27. The van der Waals surface area contributed by atoms with Crippen molar-refractivity contribution in [3.8, 4) is 0 Å². The molecule has 0 N–H and O–H groups in total. The third-order valence-corrected chi connectivity index (χ3v) is 5.67. The van der Waals surface area contributed by atoms with Crippen LogP contribution in [0.5, 0.6) is 0 Å². The molecule has 4 nitrogen and oxygen atoms in total. The smallest absolute Gasteiger partial charge is 0.394 e. The van der Waals surface area contributed by atoms with E-state index in [9.17, 15) is 4.57 Å². The van der Waals surface area contributed by atoms with Crippen molar-refractivity contribution in [2.24, 2.45) is 0 Å². The first kappa shape index (κ1) is 27.8. The highest BCUT2D eigenvalue weighted by molar-refractivity contribution is 7.48. The Morgan fingerprint density at radius 1 is 0.517 bits per heavy atom. The van der Waals surface area contributed by atoms with Crippen LogP contribution >= 0.6 is 7.82 Å². The van der Waals surface area contributed by atoms with Crippen molar-refractivity contribution in [2.75, 3.05) is 0 Å². The van der Waals surface area contributed by atoms with Crippen LogP contribution < -0.4 is 0 Å². The van der Waals surface area contributed by atoms with Crippen molar-refractivity contribution in [3.05, 3.63) is 37.0 Å². The Morgan fingerprint density at radius 3 is 1.10 bits per heavy atom. The Kier molecular flexibility index (Phi) is 20.7. The molecule has 0 aliphatic rings. The van der Waals surface area contributed by atoms with Gasteiger partial charge in [0.2, 0.25) is 0 Å². The summed E-state index contributed by atoms with van der Waals surface area (Å²) in [5.41, 5.74) is 0. The van der Waals surface area contributed by atoms with Crippen molar-refractivity contribution >= 4 is 7.82 Å². The lowest BCUT2D eigenvalue weighted by atomic mass is 10.2. The van der Waals surface area contributed by atoms with Crippen LogP contribution in [-0.2, 0) is 18.1 Å². The molecule has 170 valence electrons. The summed E-state index contributed by atoms with van der Waals surface area (Å²) in [6, 6.07) is 0. The van der Waals surface area contributed by atoms with Gasteiger partial charge in [0.25, 0.3) is 0 Å². The van der Waals surface area contributed by atoms with Gasteiger partial charge in [-0.25, -0.2) is 0 Å². The molecule has 0 aliphatic heterocycles. The van der Waals surface area contributed by atoms with Gasteiger partial charge in [-0.15, -0.1) is 0 Å². The Morgan fingerprint density at radius 2 is 0.828 bits per heavy atom. The third kappa shape index (κ3) is 19.9. The number of unbranched alkanes of at least 4 members (excludes halogenated alkanes) is 12. The molecule has 0 aliphatic carbocycles. The lowest BCUT2D eigenvalue weighted by Gasteiger charge is -2.13. The fraction of sp³-hybridized carbons (Fsp3) is 0.750. The molecule has 0 aromatic heterocycles. The van der Waals surface area contributed by atoms with Crippen LogP contribution in [0.4, 0.5) is 0 Å². The molecule has 0 saturated heterocycles. The number of phosphoric acid groups is 1. The molecule has 0 amide bonds. The molecule has 0 fully saturated rings. The first-order valence-corrected chi connectivity index (χ1v) is 13.2. The molecular weight excluding hydrogens is 383 g/mol. The van der Waals surface area contributed by atoms with E-state index in [0.29, 0.717) is 0 Å². The molecular formula is C24H45O4P. The zero-order chi connectivity index (χ0) is 21.5. The van der Waals surface area contributed by atoms with Crippen molar-refractivity contribution in [3.63, 3.8) is 0 Å². The highest BCUT2D eigenvalue weighted by atomic mass is 31.2. The van der Waals surface area contributed by atoms with Crippen molar-refractivity contribution in [2.45, 2.75) is 117 Å². The molecule has 0 unspecified atom stereocenters. The summed E-state index contributed by atoms with van der Waals surface area (Å²) < 4.78 is 28.9. The van der Waals surface area contributed by atoms with Gasteiger partial charge in [0, 0.05) is 0 Å². The molecule has 0 rings (SSSR count). The van der Waals surface area contributed by atoms with Gasteiger partial charge in [-0.1, -0.05) is 78.6 Å². The van der Waals surface area contributed by atoms with E-state index in [1.807, 2.05) is 18.2 Å². The number of phosphoric ester groups is 1. The summed E-state index contributed by atoms with van der Waals surface area (Å²) in [7, 11) is -3.66. The van der Waals surface area contributed by atoms with Gasteiger partial charge in [0.1, 0.15) is 0 Å². The fourth-order valence-corrected chi connectivity index (χ4v) is 3.55. The average molecular weight is 429 g/mol. The third-order valence-electron chi connectivity index (χ3n) is 4.53. The van der Waals surface area contributed by atoms with E-state index in [1.54, 1.807) is 0 Å². The molecule has 0 spiro atoms. The second-order valence-corrected chi connectivity index (χ2v) is 8.95. The average Bonchev–Trinajstić information content (AvgIpc) is 2.72. The van der Waals surface area contributed by atoms with E-state index in [2.05, 4.69) is 20.8 Å². The highest BCUT2D eigenvalue weighted by Crippen LogP contribution is 2.50. The summed E-state index contributed by atoms with van der Waals surface area (Å²) in [6.45, 7) is 6.58. The summed E-state index contributed by atoms with van der Waals surface area (Å²) in [6.07, 6.45) is 27.0.